The Labute approximate surface area is 117 Å². The predicted octanol–water partition coefficient (Wildman–Crippen LogP) is 3.36. The lowest BCUT2D eigenvalue weighted by molar-refractivity contribution is -0.164. The van der Waals surface area contributed by atoms with Crippen LogP contribution in [0.3, 0.4) is 0 Å². The first-order valence-corrected chi connectivity index (χ1v) is 7.99. The summed E-state index contributed by atoms with van der Waals surface area (Å²) in [4.78, 5) is 13.1. The maximum atomic E-state index is 13.1. The predicted molar refractivity (Wildman–Crippen MR) is 75.2 cm³/mol. The van der Waals surface area contributed by atoms with Crippen LogP contribution < -0.4 is 0 Å². The molecule has 2 aliphatic rings. The molecule has 0 aromatic heterocycles. The number of rotatable bonds is 5. The highest BCUT2D eigenvalue weighted by Crippen LogP contribution is 2.39. The molecule has 0 spiro atoms. The van der Waals surface area contributed by atoms with Crippen LogP contribution in [0.25, 0.3) is 0 Å². The van der Waals surface area contributed by atoms with Gasteiger partial charge in [0.25, 0.3) is 0 Å². The van der Waals surface area contributed by atoms with Gasteiger partial charge in [-0.3, -0.25) is 4.79 Å². The lowest BCUT2D eigenvalue weighted by Crippen LogP contribution is -2.51. The van der Waals surface area contributed by atoms with Gasteiger partial charge >= 0.3 is 0 Å². The summed E-state index contributed by atoms with van der Waals surface area (Å²) in [5.74, 6) is 1.18. The number of Topliss-reactive ketones (excluding diaryl/α,β-unsaturated/α-hetero) is 1. The number of carbonyl (C=O) groups excluding carboxylic acids is 1. The average Bonchev–Trinajstić information content (AvgIpc) is 2.47. The fourth-order valence-corrected chi connectivity index (χ4v) is 3.82. The van der Waals surface area contributed by atoms with Crippen LogP contribution >= 0.6 is 0 Å². The van der Waals surface area contributed by atoms with Gasteiger partial charge in [0.1, 0.15) is 5.60 Å². The largest absolute Gasteiger partial charge is 0.381 e. The molecular formula is C16H28O3. The van der Waals surface area contributed by atoms with Crippen molar-refractivity contribution in [3.05, 3.63) is 0 Å². The van der Waals surface area contributed by atoms with E-state index in [4.69, 9.17) is 9.47 Å². The number of carbonyl (C=O) groups is 1. The van der Waals surface area contributed by atoms with Gasteiger partial charge in [-0.05, 0) is 25.7 Å². The number of hydrogen-bond acceptors (Lipinski definition) is 3. The fourth-order valence-electron chi connectivity index (χ4n) is 3.82. The maximum Gasteiger partial charge on any atom is 0.168 e. The van der Waals surface area contributed by atoms with E-state index in [9.17, 15) is 4.79 Å². The number of ketones is 1. The molecule has 0 aromatic carbocycles. The molecule has 0 bridgehead atoms. The summed E-state index contributed by atoms with van der Waals surface area (Å²) in [7, 11) is 0. The Morgan fingerprint density at radius 3 is 2.53 bits per heavy atom. The molecule has 1 saturated heterocycles. The number of hydrogen-bond donors (Lipinski definition) is 0. The third-order valence-corrected chi connectivity index (χ3v) is 4.94. The van der Waals surface area contributed by atoms with Gasteiger partial charge in [0.05, 0.1) is 0 Å². The molecule has 2 rings (SSSR count). The zero-order chi connectivity index (χ0) is 13.7. The second kappa shape index (κ2) is 6.85. The first kappa shape index (κ1) is 15.0. The molecule has 1 saturated carbocycles. The molecule has 0 aromatic rings. The quantitative estimate of drug-likeness (QED) is 0.767. The molecule has 2 atom stereocenters. The molecule has 1 aliphatic heterocycles. The summed E-state index contributed by atoms with van der Waals surface area (Å²) in [6, 6.07) is 0. The monoisotopic (exact) mass is 268 g/mol. The van der Waals surface area contributed by atoms with Gasteiger partial charge in [-0.1, -0.05) is 26.2 Å². The zero-order valence-electron chi connectivity index (χ0n) is 12.5. The van der Waals surface area contributed by atoms with Crippen LogP contribution in [0.4, 0.5) is 0 Å². The van der Waals surface area contributed by atoms with Crippen LogP contribution in [0.15, 0.2) is 0 Å². The molecule has 1 heterocycles. The van der Waals surface area contributed by atoms with Gasteiger partial charge in [0.15, 0.2) is 5.78 Å². The molecule has 3 heteroatoms. The fraction of sp³-hybridized carbons (Fsp3) is 0.938. The maximum absolute atomic E-state index is 13.1. The van der Waals surface area contributed by atoms with Gasteiger partial charge < -0.3 is 9.47 Å². The van der Waals surface area contributed by atoms with Crippen molar-refractivity contribution in [1.29, 1.82) is 0 Å². The Hall–Kier alpha value is -0.410. The molecule has 1 aliphatic carbocycles. The van der Waals surface area contributed by atoms with Crippen LogP contribution in [0.1, 0.15) is 58.8 Å². The van der Waals surface area contributed by atoms with Crippen molar-refractivity contribution >= 4 is 5.78 Å². The van der Waals surface area contributed by atoms with E-state index in [0.29, 0.717) is 31.5 Å². The summed E-state index contributed by atoms with van der Waals surface area (Å²) < 4.78 is 11.4. The van der Waals surface area contributed by atoms with E-state index >= 15 is 0 Å². The van der Waals surface area contributed by atoms with Gasteiger partial charge in [0.2, 0.25) is 0 Å². The number of ether oxygens (including phenoxy) is 2. The van der Waals surface area contributed by atoms with Gasteiger partial charge in [0, 0.05) is 38.6 Å². The summed E-state index contributed by atoms with van der Waals surface area (Å²) in [6.07, 6.45) is 7.37. The Kier molecular flexibility index (Phi) is 5.40. The van der Waals surface area contributed by atoms with E-state index in [1.807, 2.05) is 6.92 Å². The molecule has 0 radical (unpaired) electrons. The van der Waals surface area contributed by atoms with Crippen molar-refractivity contribution in [1.82, 2.24) is 0 Å². The van der Waals surface area contributed by atoms with E-state index in [1.165, 1.54) is 19.3 Å². The SMILES string of the molecule is CCOC1(C(=O)C2CCCCC2CC)CCOCC1. The normalized spacial score (nSPS) is 31.1. The van der Waals surface area contributed by atoms with Crippen LogP contribution in [0, 0.1) is 11.8 Å². The standard InChI is InChI=1S/C16H28O3/c1-3-13-7-5-6-8-14(13)15(17)16(19-4-2)9-11-18-12-10-16/h13-14H,3-12H2,1-2H3. The van der Waals surface area contributed by atoms with E-state index in [-0.39, 0.29) is 5.92 Å². The van der Waals surface area contributed by atoms with Crippen LogP contribution in [0.5, 0.6) is 0 Å². The van der Waals surface area contributed by atoms with Gasteiger partial charge in [-0.2, -0.15) is 0 Å². The Morgan fingerprint density at radius 1 is 1.21 bits per heavy atom. The minimum absolute atomic E-state index is 0.225. The first-order valence-electron chi connectivity index (χ1n) is 7.99. The summed E-state index contributed by atoms with van der Waals surface area (Å²) >= 11 is 0. The van der Waals surface area contributed by atoms with Gasteiger partial charge in [-0.15, -0.1) is 0 Å². The molecule has 110 valence electrons. The second-order valence-corrected chi connectivity index (χ2v) is 5.96. The van der Waals surface area contributed by atoms with Crippen molar-refractivity contribution in [2.45, 2.75) is 64.4 Å². The van der Waals surface area contributed by atoms with Crippen molar-refractivity contribution in [2.24, 2.45) is 11.8 Å². The molecular weight excluding hydrogens is 240 g/mol. The molecule has 3 nitrogen and oxygen atoms in total. The minimum Gasteiger partial charge on any atom is -0.381 e. The van der Waals surface area contributed by atoms with Gasteiger partial charge in [-0.25, -0.2) is 0 Å². The topological polar surface area (TPSA) is 35.5 Å². The summed E-state index contributed by atoms with van der Waals surface area (Å²) in [6.45, 7) is 6.15. The average molecular weight is 268 g/mol. The molecule has 0 amide bonds. The Morgan fingerprint density at radius 2 is 1.89 bits per heavy atom. The van der Waals surface area contributed by atoms with Crippen LogP contribution in [-0.4, -0.2) is 31.2 Å². The van der Waals surface area contributed by atoms with E-state index in [0.717, 1.165) is 25.7 Å². The summed E-state index contributed by atoms with van der Waals surface area (Å²) in [5.41, 5.74) is -0.539. The zero-order valence-corrected chi connectivity index (χ0v) is 12.5. The van der Waals surface area contributed by atoms with Crippen molar-refractivity contribution in [3.8, 4) is 0 Å². The van der Waals surface area contributed by atoms with E-state index in [2.05, 4.69) is 6.92 Å². The molecule has 0 N–H and O–H groups in total. The third kappa shape index (κ3) is 3.19. The lowest BCUT2D eigenvalue weighted by Gasteiger charge is -2.41. The lowest BCUT2D eigenvalue weighted by atomic mass is 9.70. The minimum atomic E-state index is -0.539. The van der Waals surface area contributed by atoms with Crippen molar-refractivity contribution in [2.75, 3.05) is 19.8 Å². The van der Waals surface area contributed by atoms with E-state index < -0.39 is 5.60 Å². The van der Waals surface area contributed by atoms with E-state index in [1.54, 1.807) is 0 Å². The molecule has 19 heavy (non-hydrogen) atoms. The van der Waals surface area contributed by atoms with Crippen molar-refractivity contribution < 1.29 is 14.3 Å². The molecule has 2 fully saturated rings. The Balaban J connectivity index is 2.13. The summed E-state index contributed by atoms with van der Waals surface area (Å²) in [5, 5.41) is 0. The smallest absolute Gasteiger partial charge is 0.168 e. The van der Waals surface area contributed by atoms with Crippen LogP contribution in [-0.2, 0) is 14.3 Å². The highest BCUT2D eigenvalue weighted by atomic mass is 16.5. The third-order valence-electron chi connectivity index (χ3n) is 4.94. The second-order valence-electron chi connectivity index (χ2n) is 5.96. The molecule has 2 unspecified atom stereocenters. The van der Waals surface area contributed by atoms with Crippen molar-refractivity contribution in [3.63, 3.8) is 0 Å². The van der Waals surface area contributed by atoms with Crippen LogP contribution in [0.2, 0.25) is 0 Å². The highest BCUT2D eigenvalue weighted by Gasteiger charge is 2.46. The highest BCUT2D eigenvalue weighted by molar-refractivity contribution is 5.90. The Bertz CT molecular complexity index is 289. The first-order chi connectivity index (χ1) is 9.23.